The molecule has 8 nitrogen and oxygen atoms in total. The molecule has 1 aromatic heterocycles. The van der Waals surface area contributed by atoms with E-state index < -0.39 is 0 Å². The molecule has 2 amide bonds. The van der Waals surface area contributed by atoms with Crippen molar-refractivity contribution in [3.63, 3.8) is 0 Å². The molecular weight excluding hydrogens is 466 g/mol. The maximum Gasteiger partial charge on any atom is 0.228 e. The lowest BCUT2D eigenvalue weighted by Crippen LogP contribution is -2.51. The van der Waals surface area contributed by atoms with Gasteiger partial charge in [0.2, 0.25) is 17.7 Å². The van der Waals surface area contributed by atoms with Gasteiger partial charge < -0.3 is 19.4 Å². The number of anilines is 2. The minimum Gasteiger partial charge on any atom is -0.439 e. The third kappa shape index (κ3) is 5.22. The predicted octanol–water partition coefficient (Wildman–Crippen LogP) is 3.93. The second-order valence-corrected chi connectivity index (χ2v) is 9.16. The summed E-state index contributed by atoms with van der Waals surface area (Å²) in [6, 6.07) is 18.5. The van der Waals surface area contributed by atoms with E-state index in [9.17, 15) is 9.59 Å². The molecule has 9 heteroatoms. The number of hydrogen-bond donors (Lipinski definition) is 0. The van der Waals surface area contributed by atoms with Gasteiger partial charge in [-0.2, -0.15) is 4.98 Å². The molecule has 2 saturated heterocycles. The Morgan fingerprint density at radius 3 is 2.43 bits per heavy atom. The summed E-state index contributed by atoms with van der Waals surface area (Å²) in [6.45, 7) is 4.67. The Labute approximate surface area is 209 Å². The van der Waals surface area contributed by atoms with E-state index in [1.54, 1.807) is 17.0 Å². The molecule has 1 atom stereocenters. The molecule has 2 aromatic carbocycles. The first-order chi connectivity index (χ1) is 17.0. The minimum atomic E-state index is -0.336. The zero-order chi connectivity index (χ0) is 24.4. The summed E-state index contributed by atoms with van der Waals surface area (Å²) in [4.78, 5) is 40.4. The van der Waals surface area contributed by atoms with Gasteiger partial charge in [0, 0.05) is 55.9 Å². The lowest BCUT2D eigenvalue weighted by atomic mass is 10.1. The molecule has 2 aliphatic heterocycles. The minimum absolute atomic E-state index is 0.0291. The highest BCUT2D eigenvalue weighted by Gasteiger charge is 2.38. The highest BCUT2D eigenvalue weighted by atomic mass is 35.5. The van der Waals surface area contributed by atoms with Crippen molar-refractivity contribution in [2.24, 2.45) is 5.92 Å². The molecule has 2 aliphatic rings. The molecule has 3 heterocycles. The average molecular weight is 492 g/mol. The van der Waals surface area contributed by atoms with Crippen LogP contribution in [0.1, 0.15) is 12.2 Å². The van der Waals surface area contributed by atoms with Crippen LogP contribution in [0.25, 0.3) is 0 Å². The van der Waals surface area contributed by atoms with Crippen molar-refractivity contribution in [3.05, 3.63) is 71.5 Å². The SMILES string of the molecule is Cc1nc(Oc2ccccc2)cc(N2CCN(C(=O)C3CC(=O)N(c4ccc(Cl)cc4)C3)CC2)n1. The maximum atomic E-state index is 13.2. The van der Waals surface area contributed by atoms with Gasteiger partial charge in [0.15, 0.2) is 0 Å². The zero-order valence-electron chi connectivity index (χ0n) is 19.4. The summed E-state index contributed by atoms with van der Waals surface area (Å²) in [7, 11) is 0. The summed E-state index contributed by atoms with van der Waals surface area (Å²) in [5.41, 5.74) is 0.771. The van der Waals surface area contributed by atoms with Gasteiger partial charge in [0.1, 0.15) is 17.4 Å². The summed E-state index contributed by atoms with van der Waals surface area (Å²) in [5, 5.41) is 0.614. The summed E-state index contributed by atoms with van der Waals surface area (Å²) >= 11 is 5.96. The third-order valence-corrected chi connectivity index (χ3v) is 6.55. The number of carbonyl (C=O) groups is 2. The summed E-state index contributed by atoms with van der Waals surface area (Å²) in [6.07, 6.45) is 0.229. The van der Waals surface area contributed by atoms with Gasteiger partial charge in [0.25, 0.3) is 0 Å². The Hall–Kier alpha value is -3.65. The number of carbonyl (C=O) groups excluding carboxylic acids is 2. The molecule has 0 N–H and O–H groups in total. The Bertz CT molecular complexity index is 1210. The maximum absolute atomic E-state index is 13.2. The first-order valence-corrected chi connectivity index (χ1v) is 12.0. The number of rotatable bonds is 5. The first kappa shape index (κ1) is 23.1. The number of aromatic nitrogens is 2. The van der Waals surface area contributed by atoms with Crippen LogP contribution in [-0.4, -0.2) is 59.4 Å². The fraction of sp³-hybridized carbons (Fsp3) is 0.308. The summed E-state index contributed by atoms with van der Waals surface area (Å²) < 4.78 is 5.89. The molecule has 0 bridgehead atoms. The van der Waals surface area contributed by atoms with Crippen molar-refractivity contribution < 1.29 is 14.3 Å². The quantitative estimate of drug-likeness (QED) is 0.538. The molecule has 0 radical (unpaired) electrons. The van der Waals surface area contributed by atoms with E-state index in [2.05, 4.69) is 14.9 Å². The molecule has 180 valence electrons. The zero-order valence-corrected chi connectivity index (χ0v) is 20.2. The third-order valence-electron chi connectivity index (χ3n) is 6.29. The monoisotopic (exact) mass is 491 g/mol. The van der Waals surface area contributed by atoms with Gasteiger partial charge >= 0.3 is 0 Å². The number of aryl methyl sites for hydroxylation is 1. The van der Waals surface area contributed by atoms with Crippen LogP contribution in [0.3, 0.4) is 0 Å². The molecule has 3 aromatic rings. The van der Waals surface area contributed by atoms with Crippen LogP contribution in [0, 0.1) is 12.8 Å². The van der Waals surface area contributed by atoms with Crippen molar-refractivity contribution in [3.8, 4) is 11.6 Å². The lowest BCUT2D eigenvalue weighted by Gasteiger charge is -2.36. The van der Waals surface area contributed by atoms with Crippen molar-refractivity contribution in [2.45, 2.75) is 13.3 Å². The molecule has 2 fully saturated rings. The topological polar surface area (TPSA) is 78.9 Å². The number of amides is 2. The van der Waals surface area contributed by atoms with Gasteiger partial charge in [0.05, 0.1) is 5.92 Å². The van der Waals surface area contributed by atoms with Crippen LogP contribution in [0.15, 0.2) is 60.7 Å². The Morgan fingerprint density at radius 1 is 1.00 bits per heavy atom. The second kappa shape index (κ2) is 9.92. The number of nitrogens with zero attached hydrogens (tertiary/aromatic N) is 5. The van der Waals surface area contributed by atoms with E-state index in [-0.39, 0.29) is 24.2 Å². The fourth-order valence-corrected chi connectivity index (χ4v) is 4.63. The molecule has 0 saturated carbocycles. The summed E-state index contributed by atoms with van der Waals surface area (Å²) in [5.74, 6) is 2.26. The normalized spacial score (nSPS) is 18.2. The highest BCUT2D eigenvalue weighted by Crippen LogP contribution is 2.28. The van der Waals surface area contributed by atoms with E-state index in [1.807, 2.05) is 60.4 Å². The largest absolute Gasteiger partial charge is 0.439 e. The number of piperazine rings is 1. The van der Waals surface area contributed by atoms with Crippen LogP contribution < -0.4 is 14.5 Å². The van der Waals surface area contributed by atoms with Crippen LogP contribution in [0.4, 0.5) is 11.5 Å². The van der Waals surface area contributed by atoms with Gasteiger partial charge in [-0.25, -0.2) is 4.98 Å². The number of halogens is 1. The Balaban J connectivity index is 1.20. The average Bonchev–Trinajstić information content (AvgIpc) is 3.26. The number of para-hydroxylation sites is 1. The smallest absolute Gasteiger partial charge is 0.228 e. The molecule has 0 aliphatic carbocycles. The number of ether oxygens (including phenoxy) is 1. The van der Waals surface area contributed by atoms with E-state index in [0.29, 0.717) is 55.2 Å². The van der Waals surface area contributed by atoms with Crippen LogP contribution in [0.2, 0.25) is 5.02 Å². The Morgan fingerprint density at radius 2 is 1.71 bits per heavy atom. The van der Waals surface area contributed by atoms with E-state index >= 15 is 0 Å². The highest BCUT2D eigenvalue weighted by molar-refractivity contribution is 6.30. The van der Waals surface area contributed by atoms with Crippen molar-refractivity contribution >= 4 is 34.9 Å². The van der Waals surface area contributed by atoms with Crippen LogP contribution >= 0.6 is 11.6 Å². The lowest BCUT2D eigenvalue weighted by molar-refractivity contribution is -0.136. The van der Waals surface area contributed by atoms with Crippen LogP contribution in [-0.2, 0) is 9.59 Å². The van der Waals surface area contributed by atoms with Crippen molar-refractivity contribution in [1.29, 1.82) is 0 Å². The Kier molecular flexibility index (Phi) is 6.55. The van der Waals surface area contributed by atoms with Gasteiger partial charge in [-0.1, -0.05) is 29.8 Å². The molecular formula is C26H26ClN5O3. The van der Waals surface area contributed by atoms with Crippen molar-refractivity contribution in [2.75, 3.05) is 42.5 Å². The van der Waals surface area contributed by atoms with E-state index in [0.717, 1.165) is 11.5 Å². The molecule has 5 rings (SSSR count). The van der Waals surface area contributed by atoms with Crippen molar-refractivity contribution in [1.82, 2.24) is 14.9 Å². The second-order valence-electron chi connectivity index (χ2n) is 8.72. The van der Waals surface area contributed by atoms with E-state index in [1.165, 1.54) is 0 Å². The van der Waals surface area contributed by atoms with E-state index in [4.69, 9.17) is 16.3 Å². The van der Waals surface area contributed by atoms with Gasteiger partial charge in [-0.3, -0.25) is 9.59 Å². The standard InChI is InChI=1S/C26H26ClN5O3/c1-18-28-23(16-24(29-18)35-22-5-3-2-4-6-22)30-11-13-31(14-12-30)26(34)19-15-25(33)32(17-19)21-9-7-20(27)8-10-21/h2-10,16,19H,11-15,17H2,1H3. The predicted molar refractivity (Wildman–Crippen MR) is 134 cm³/mol. The van der Waals surface area contributed by atoms with Gasteiger partial charge in [-0.15, -0.1) is 0 Å². The van der Waals surface area contributed by atoms with Crippen LogP contribution in [0.5, 0.6) is 11.6 Å². The number of benzene rings is 2. The molecule has 0 spiro atoms. The molecule has 35 heavy (non-hydrogen) atoms. The first-order valence-electron chi connectivity index (χ1n) is 11.6. The fourth-order valence-electron chi connectivity index (χ4n) is 4.51. The molecule has 1 unspecified atom stereocenters. The number of hydrogen-bond acceptors (Lipinski definition) is 6. The van der Waals surface area contributed by atoms with Gasteiger partial charge in [-0.05, 0) is 43.3 Å².